The standard InChI is InChI=1S/C11H10N4S/c1-6-8(5-13-15-6)11-14-9-3-2-7(12)4-10(9)16-11/h2-5H,12H2,1H3,(H,13,15). The maximum atomic E-state index is 5.74. The number of fused-ring (bicyclic) bond motifs is 1. The van der Waals surface area contributed by atoms with Crippen LogP contribution in [0.1, 0.15) is 5.69 Å². The molecule has 0 saturated carbocycles. The van der Waals surface area contributed by atoms with E-state index in [4.69, 9.17) is 5.73 Å². The van der Waals surface area contributed by atoms with Crippen LogP contribution in [0.25, 0.3) is 20.8 Å². The number of rotatable bonds is 1. The first-order valence-corrected chi connectivity index (χ1v) is 5.72. The van der Waals surface area contributed by atoms with Crippen LogP contribution in [0.2, 0.25) is 0 Å². The molecule has 0 aliphatic carbocycles. The van der Waals surface area contributed by atoms with Gasteiger partial charge in [-0.2, -0.15) is 5.10 Å². The number of hydrogen-bond acceptors (Lipinski definition) is 4. The van der Waals surface area contributed by atoms with E-state index in [1.165, 1.54) is 0 Å². The van der Waals surface area contributed by atoms with Crippen molar-refractivity contribution in [2.75, 3.05) is 5.73 Å². The highest BCUT2D eigenvalue weighted by Crippen LogP contribution is 2.31. The fourth-order valence-corrected chi connectivity index (χ4v) is 2.70. The molecule has 16 heavy (non-hydrogen) atoms. The molecule has 5 heteroatoms. The first-order valence-electron chi connectivity index (χ1n) is 4.90. The predicted octanol–water partition coefficient (Wildman–Crippen LogP) is 2.58. The molecule has 0 aliphatic heterocycles. The highest BCUT2D eigenvalue weighted by molar-refractivity contribution is 7.21. The van der Waals surface area contributed by atoms with Crippen LogP contribution in [0.4, 0.5) is 5.69 Å². The third-order valence-corrected chi connectivity index (χ3v) is 3.52. The van der Waals surface area contributed by atoms with E-state index in [-0.39, 0.29) is 0 Å². The number of H-pyrrole nitrogens is 1. The molecule has 1 aromatic carbocycles. The van der Waals surface area contributed by atoms with Gasteiger partial charge in [0.2, 0.25) is 0 Å². The van der Waals surface area contributed by atoms with Crippen molar-refractivity contribution in [2.24, 2.45) is 0 Å². The molecule has 3 rings (SSSR count). The molecule has 0 radical (unpaired) electrons. The number of nitrogens with zero attached hydrogens (tertiary/aromatic N) is 2. The molecule has 3 aromatic rings. The zero-order chi connectivity index (χ0) is 11.1. The molecule has 0 unspecified atom stereocenters. The molecular weight excluding hydrogens is 220 g/mol. The molecule has 0 atom stereocenters. The third kappa shape index (κ3) is 1.37. The number of aryl methyl sites for hydroxylation is 1. The highest BCUT2D eigenvalue weighted by atomic mass is 32.1. The molecule has 2 heterocycles. The van der Waals surface area contributed by atoms with Crippen molar-refractivity contribution in [1.82, 2.24) is 15.2 Å². The fraction of sp³-hybridized carbons (Fsp3) is 0.0909. The van der Waals surface area contributed by atoms with Gasteiger partial charge in [-0.25, -0.2) is 4.98 Å². The summed E-state index contributed by atoms with van der Waals surface area (Å²) < 4.78 is 1.11. The van der Waals surface area contributed by atoms with Crippen molar-refractivity contribution in [2.45, 2.75) is 6.92 Å². The number of benzene rings is 1. The molecule has 0 fully saturated rings. The van der Waals surface area contributed by atoms with Gasteiger partial charge in [0, 0.05) is 11.4 Å². The van der Waals surface area contributed by atoms with E-state index >= 15 is 0 Å². The smallest absolute Gasteiger partial charge is 0.128 e. The molecule has 0 amide bonds. The van der Waals surface area contributed by atoms with Gasteiger partial charge < -0.3 is 5.73 Å². The van der Waals surface area contributed by atoms with E-state index in [0.717, 1.165) is 32.2 Å². The minimum absolute atomic E-state index is 0.770. The van der Waals surface area contributed by atoms with Crippen LogP contribution in [0.15, 0.2) is 24.4 Å². The van der Waals surface area contributed by atoms with E-state index in [2.05, 4.69) is 15.2 Å². The second-order valence-electron chi connectivity index (χ2n) is 3.65. The Bertz CT molecular complexity index is 653. The number of hydrogen-bond donors (Lipinski definition) is 2. The normalized spacial score (nSPS) is 11.1. The van der Waals surface area contributed by atoms with Crippen LogP contribution in [0.3, 0.4) is 0 Å². The first-order chi connectivity index (χ1) is 7.74. The Hall–Kier alpha value is -1.88. The Morgan fingerprint density at radius 2 is 2.25 bits per heavy atom. The number of nitrogens with one attached hydrogen (secondary N) is 1. The minimum atomic E-state index is 0.770. The predicted molar refractivity (Wildman–Crippen MR) is 66.4 cm³/mol. The van der Waals surface area contributed by atoms with Crippen LogP contribution in [0, 0.1) is 6.92 Å². The highest BCUT2D eigenvalue weighted by Gasteiger charge is 2.09. The van der Waals surface area contributed by atoms with E-state index in [1.54, 1.807) is 17.5 Å². The molecule has 4 nitrogen and oxygen atoms in total. The molecule has 2 aromatic heterocycles. The van der Waals surface area contributed by atoms with E-state index < -0.39 is 0 Å². The minimum Gasteiger partial charge on any atom is -0.399 e. The molecule has 0 saturated heterocycles. The zero-order valence-electron chi connectivity index (χ0n) is 8.69. The second kappa shape index (κ2) is 3.31. The van der Waals surface area contributed by atoms with Gasteiger partial charge in [-0.1, -0.05) is 0 Å². The maximum absolute atomic E-state index is 5.74. The molecule has 80 valence electrons. The number of anilines is 1. The summed E-state index contributed by atoms with van der Waals surface area (Å²) in [6, 6.07) is 5.76. The van der Waals surface area contributed by atoms with Gasteiger partial charge in [0.05, 0.1) is 22.0 Å². The van der Waals surface area contributed by atoms with Crippen molar-refractivity contribution in [3.8, 4) is 10.6 Å². The van der Waals surface area contributed by atoms with Crippen molar-refractivity contribution in [3.63, 3.8) is 0 Å². The Balaban J connectivity index is 2.23. The zero-order valence-corrected chi connectivity index (χ0v) is 9.51. The van der Waals surface area contributed by atoms with Gasteiger partial charge >= 0.3 is 0 Å². The lowest BCUT2D eigenvalue weighted by Gasteiger charge is -1.89. The van der Waals surface area contributed by atoms with Gasteiger partial charge in [-0.3, -0.25) is 5.10 Å². The molecule has 0 spiro atoms. The van der Waals surface area contributed by atoms with Gasteiger partial charge in [-0.05, 0) is 25.1 Å². The van der Waals surface area contributed by atoms with E-state index in [1.807, 2.05) is 25.1 Å². The lowest BCUT2D eigenvalue weighted by atomic mass is 10.3. The van der Waals surface area contributed by atoms with Crippen molar-refractivity contribution >= 4 is 27.2 Å². The molecule has 0 bridgehead atoms. The van der Waals surface area contributed by atoms with Gasteiger partial charge in [0.15, 0.2) is 0 Å². The fourth-order valence-electron chi connectivity index (χ4n) is 1.62. The summed E-state index contributed by atoms with van der Waals surface area (Å²) in [7, 11) is 0. The number of aromatic nitrogens is 3. The Kier molecular flexibility index (Phi) is 1.94. The summed E-state index contributed by atoms with van der Waals surface area (Å²) >= 11 is 1.63. The lowest BCUT2D eigenvalue weighted by Crippen LogP contribution is -1.81. The molecule has 0 aliphatic rings. The summed E-state index contributed by atoms with van der Waals surface area (Å²) in [6.07, 6.45) is 1.80. The first kappa shape index (κ1) is 9.35. The average molecular weight is 230 g/mol. The second-order valence-corrected chi connectivity index (χ2v) is 4.69. The quantitative estimate of drug-likeness (QED) is 0.631. The van der Waals surface area contributed by atoms with Crippen LogP contribution in [0.5, 0.6) is 0 Å². The molecular formula is C11H10N4S. The number of aromatic amines is 1. The van der Waals surface area contributed by atoms with Crippen LogP contribution in [-0.2, 0) is 0 Å². The van der Waals surface area contributed by atoms with Crippen molar-refractivity contribution < 1.29 is 0 Å². The Morgan fingerprint density at radius 3 is 3.00 bits per heavy atom. The van der Waals surface area contributed by atoms with Crippen molar-refractivity contribution in [1.29, 1.82) is 0 Å². The number of nitrogens with two attached hydrogens (primary N) is 1. The average Bonchev–Trinajstić information content (AvgIpc) is 2.82. The summed E-state index contributed by atoms with van der Waals surface area (Å²) in [5, 5.41) is 7.90. The SMILES string of the molecule is Cc1[nH]ncc1-c1nc2ccc(N)cc2s1. The van der Waals surface area contributed by atoms with Gasteiger partial charge in [-0.15, -0.1) is 11.3 Å². The van der Waals surface area contributed by atoms with Crippen LogP contribution < -0.4 is 5.73 Å². The number of thiazole rings is 1. The monoisotopic (exact) mass is 230 g/mol. The Labute approximate surface area is 96.1 Å². The number of nitrogen functional groups attached to an aromatic ring is 1. The summed E-state index contributed by atoms with van der Waals surface area (Å²) in [5.41, 5.74) is 9.58. The summed E-state index contributed by atoms with van der Waals surface area (Å²) in [4.78, 5) is 4.56. The largest absolute Gasteiger partial charge is 0.399 e. The van der Waals surface area contributed by atoms with Crippen LogP contribution in [-0.4, -0.2) is 15.2 Å². The molecule has 3 N–H and O–H groups in total. The van der Waals surface area contributed by atoms with E-state index in [0.29, 0.717) is 0 Å². The topological polar surface area (TPSA) is 67.6 Å². The third-order valence-electron chi connectivity index (χ3n) is 2.47. The maximum Gasteiger partial charge on any atom is 0.128 e. The van der Waals surface area contributed by atoms with Gasteiger partial charge in [0.25, 0.3) is 0 Å². The van der Waals surface area contributed by atoms with Crippen molar-refractivity contribution in [3.05, 3.63) is 30.1 Å². The van der Waals surface area contributed by atoms with Gasteiger partial charge in [0.1, 0.15) is 5.01 Å². The lowest BCUT2D eigenvalue weighted by molar-refractivity contribution is 1.05. The van der Waals surface area contributed by atoms with E-state index in [9.17, 15) is 0 Å². The van der Waals surface area contributed by atoms with Crippen LogP contribution >= 0.6 is 11.3 Å². The summed E-state index contributed by atoms with van der Waals surface area (Å²) in [6.45, 7) is 1.99. The summed E-state index contributed by atoms with van der Waals surface area (Å²) in [5.74, 6) is 0. The Morgan fingerprint density at radius 1 is 1.38 bits per heavy atom.